The molecular formula is C15H24N4O2. The Labute approximate surface area is 125 Å². The van der Waals surface area contributed by atoms with E-state index in [9.17, 15) is 9.59 Å². The van der Waals surface area contributed by atoms with Crippen LogP contribution in [0.25, 0.3) is 0 Å². The topological polar surface area (TPSA) is 97.1 Å². The van der Waals surface area contributed by atoms with Gasteiger partial charge in [0.25, 0.3) is 5.91 Å². The van der Waals surface area contributed by atoms with E-state index < -0.39 is 0 Å². The molecule has 0 unspecified atom stereocenters. The summed E-state index contributed by atoms with van der Waals surface area (Å²) < 4.78 is 0. The second-order valence-corrected chi connectivity index (χ2v) is 4.84. The summed E-state index contributed by atoms with van der Waals surface area (Å²) in [7, 11) is 0. The third kappa shape index (κ3) is 6.25. The highest BCUT2D eigenvalue weighted by Crippen LogP contribution is 2.12. The number of nitrogens with two attached hydrogens (primary N) is 1. The zero-order valence-electron chi connectivity index (χ0n) is 12.7. The minimum absolute atomic E-state index is 0.154. The van der Waals surface area contributed by atoms with E-state index in [2.05, 4.69) is 22.5 Å². The van der Waals surface area contributed by atoms with Gasteiger partial charge in [-0.3, -0.25) is 9.59 Å². The highest BCUT2D eigenvalue weighted by atomic mass is 16.2. The predicted molar refractivity (Wildman–Crippen MR) is 83.2 cm³/mol. The molecule has 2 amide bonds. The number of nitrogens with one attached hydrogen (secondary N) is 2. The third-order valence-corrected chi connectivity index (χ3v) is 2.89. The molecule has 0 aliphatic rings. The number of carbonyl (C=O) groups excluding carboxylic acids is 2. The third-order valence-electron chi connectivity index (χ3n) is 2.89. The van der Waals surface area contributed by atoms with Gasteiger partial charge in [-0.2, -0.15) is 0 Å². The fourth-order valence-electron chi connectivity index (χ4n) is 1.94. The number of hydrogen-bond donors (Lipinski definition) is 3. The van der Waals surface area contributed by atoms with Gasteiger partial charge < -0.3 is 16.4 Å². The first kappa shape index (κ1) is 16.9. The van der Waals surface area contributed by atoms with Gasteiger partial charge in [0.2, 0.25) is 5.91 Å². The van der Waals surface area contributed by atoms with Crippen molar-refractivity contribution in [1.29, 1.82) is 0 Å². The molecule has 6 heteroatoms. The molecule has 1 aromatic rings. The molecule has 1 aromatic heterocycles. The number of primary amides is 1. The quantitative estimate of drug-likeness (QED) is 0.600. The van der Waals surface area contributed by atoms with E-state index in [1.807, 2.05) is 13.0 Å². The molecule has 0 aliphatic carbocycles. The maximum absolute atomic E-state index is 12.1. The monoisotopic (exact) mass is 292 g/mol. The zero-order chi connectivity index (χ0) is 15.7. The van der Waals surface area contributed by atoms with Gasteiger partial charge in [-0.05, 0) is 31.9 Å². The summed E-state index contributed by atoms with van der Waals surface area (Å²) in [5, 5.41) is 5.92. The number of pyridine rings is 1. The Morgan fingerprint density at radius 2 is 2.05 bits per heavy atom. The molecule has 1 heterocycles. The molecule has 0 radical (unpaired) electrons. The fourth-order valence-corrected chi connectivity index (χ4v) is 1.94. The van der Waals surface area contributed by atoms with Crippen molar-refractivity contribution < 1.29 is 9.59 Å². The van der Waals surface area contributed by atoms with Gasteiger partial charge in [-0.25, -0.2) is 4.98 Å². The smallest absolute Gasteiger partial charge is 0.251 e. The van der Waals surface area contributed by atoms with Crippen LogP contribution in [0, 0.1) is 0 Å². The van der Waals surface area contributed by atoms with Gasteiger partial charge in [0.05, 0.1) is 0 Å². The van der Waals surface area contributed by atoms with Gasteiger partial charge in [0.1, 0.15) is 5.82 Å². The molecule has 0 fully saturated rings. The fraction of sp³-hybridized carbons (Fsp3) is 0.533. The average molecular weight is 292 g/mol. The van der Waals surface area contributed by atoms with E-state index in [-0.39, 0.29) is 18.2 Å². The highest BCUT2D eigenvalue weighted by Gasteiger charge is 2.09. The van der Waals surface area contributed by atoms with Crippen molar-refractivity contribution >= 4 is 17.6 Å². The molecule has 0 bridgehead atoms. The number of aryl methyl sites for hydroxylation is 1. The van der Waals surface area contributed by atoms with E-state index in [4.69, 9.17) is 5.73 Å². The van der Waals surface area contributed by atoms with Crippen LogP contribution < -0.4 is 16.4 Å². The molecule has 1 rings (SSSR count). The minimum atomic E-state index is -0.354. The summed E-state index contributed by atoms with van der Waals surface area (Å²) in [6.45, 7) is 5.24. The number of anilines is 1. The Hall–Kier alpha value is -2.11. The van der Waals surface area contributed by atoms with Gasteiger partial charge in [0.15, 0.2) is 0 Å². The summed E-state index contributed by atoms with van der Waals surface area (Å²) in [4.78, 5) is 27.2. The van der Waals surface area contributed by atoms with E-state index >= 15 is 0 Å². The second-order valence-electron chi connectivity index (χ2n) is 4.84. The highest BCUT2D eigenvalue weighted by molar-refractivity contribution is 5.95. The van der Waals surface area contributed by atoms with Crippen LogP contribution >= 0.6 is 0 Å². The molecule has 116 valence electrons. The first-order chi connectivity index (χ1) is 10.1. The molecule has 0 spiro atoms. The van der Waals surface area contributed by atoms with Crippen LogP contribution in [0.5, 0.6) is 0 Å². The lowest BCUT2D eigenvalue weighted by Crippen LogP contribution is -2.26. The Morgan fingerprint density at radius 3 is 2.67 bits per heavy atom. The van der Waals surface area contributed by atoms with Crippen molar-refractivity contribution in [2.24, 2.45) is 5.73 Å². The van der Waals surface area contributed by atoms with Crippen molar-refractivity contribution in [1.82, 2.24) is 10.3 Å². The summed E-state index contributed by atoms with van der Waals surface area (Å²) >= 11 is 0. The number of hydrogen-bond acceptors (Lipinski definition) is 4. The van der Waals surface area contributed by atoms with Crippen molar-refractivity contribution in [2.45, 2.75) is 39.5 Å². The predicted octanol–water partition coefficient (Wildman–Crippen LogP) is 1.46. The normalized spacial score (nSPS) is 10.2. The van der Waals surface area contributed by atoms with Gasteiger partial charge >= 0.3 is 0 Å². The second kappa shape index (κ2) is 8.94. The molecule has 21 heavy (non-hydrogen) atoms. The number of amides is 2. The number of rotatable bonds is 9. The summed E-state index contributed by atoms with van der Waals surface area (Å²) in [6.07, 6.45) is 2.64. The average Bonchev–Trinajstić information content (AvgIpc) is 2.43. The van der Waals surface area contributed by atoms with E-state index in [1.165, 1.54) is 0 Å². The lowest BCUT2D eigenvalue weighted by Gasteiger charge is -2.10. The standard InChI is InChI=1S/C15H24N4O2/c1-3-6-12-9-11(10-14(19-12)17-4-2)15(21)18-8-5-7-13(16)20/h9-10H,3-8H2,1-2H3,(H2,16,20)(H,17,19)(H,18,21). The Kier molecular flexibility index (Phi) is 7.21. The first-order valence-electron chi connectivity index (χ1n) is 7.38. The Morgan fingerprint density at radius 1 is 1.29 bits per heavy atom. The van der Waals surface area contributed by atoms with Crippen LogP contribution in [0.3, 0.4) is 0 Å². The van der Waals surface area contributed by atoms with Crippen LogP contribution in [0.1, 0.15) is 49.2 Å². The van der Waals surface area contributed by atoms with Gasteiger partial charge in [-0.1, -0.05) is 13.3 Å². The van der Waals surface area contributed by atoms with Crippen LogP contribution in [0.4, 0.5) is 5.82 Å². The zero-order valence-corrected chi connectivity index (χ0v) is 12.7. The molecule has 0 saturated carbocycles. The lowest BCUT2D eigenvalue weighted by atomic mass is 10.1. The molecule has 4 N–H and O–H groups in total. The van der Waals surface area contributed by atoms with E-state index in [0.29, 0.717) is 24.3 Å². The number of carbonyl (C=O) groups is 2. The van der Waals surface area contributed by atoms with Gasteiger partial charge in [-0.15, -0.1) is 0 Å². The van der Waals surface area contributed by atoms with Crippen LogP contribution in [0.2, 0.25) is 0 Å². The molecule has 0 saturated heterocycles. The molecule has 0 aliphatic heterocycles. The molecule has 0 aromatic carbocycles. The largest absolute Gasteiger partial charge is 0.370 e. The van der Waals surface area contributed by atoms with Crippen LogP contribution in [-0.4, -0.2) is 29.9 Å². The van der Waals surface area contributed by atoms with E-state index in [1.54, 1.807) is 6.07 Å². The number of aromatic nitrogens is 1. The minimum Gasteiger partial charge on any atom is -0.370 e. The summed E-state index contributed by atoms with van der Waals surface area (Å²) in [6, 6.07) is 3.56. The lowest BCUT2D eigenvalue weighted by molar-refractivity contribution is -0.118. The maximum Gasteiger partial charge on any atom is 0.251 e. The van der Waals surface area contributed by atoms with Crippen molar-refractivity contribution in [3.8, 4) is 0 Å². The maximum atomic E-state index is 12.1. The SMILES string of the molecule is CCCc1cc(C(=O)NCCCC(N)=O)cc(NCC)n1. The summed E-state index contributed by atoms with van der Waals surface area (Å²) in [5.41, 5.74) is 6.55. The summed E-state index contributed by atoms with van der Waals surface area (Å²) in [5.74, 6) is 0.205. The molecule has 0 atom stereocenters. The molecule has 6 nitrogen and oxygen atoms in total. The van der Waals surface area contributed by atoms with Crippen molar-refractivity contribution in [2.75, 3.05) is 18.4 Å². The van der Waals surface area contributed by atoms with Crippen molar-refractivity contribution in [3.63, 3.8) is 0 Å². The Balaban J connectivity index is 2.70. The van der Waals surface area contributed by atoms with E-state index in [0.717, 1.165) is 25.1 Å². The Bertz CT molecular complexity index is 464. The van der Waals surface area contributed by atoms with Crippen molar-refractivity contribution in [3.05, 3.63) is 23.4 Å². The first-order valence-corrected chi connectivity index (χ1v) is 7.38. The molecular weight excluding hydrogens is 268 g/mol. The van der Waals surface area contributed by atoms with Gasteiger partial charge in [0, 0.05) is 30.8 Å². The van der Waals surface area contributed by atoms with Crippen LogP contribution in [0.15, 0.2) is 12.1 Å². The van der Waals surface area contributed by atoms with Crippen LogP contribution in [-0.2, 0) is 11.2 Å². The number of nitrogens with zero attached hydrogens (tertiary/aromatic N) is 1.